The minimum Gasteiger partial charge on any atom is -0.383 e. The average molecular weight is 279 g/mol. The molecule has 0 fully saturated rings. The van der Waals surface area contributed by atoms with Gasteiger partial charge in [-0.3, -0.25) is 4.98 Å². The van der Waals surface area contributed by atoms with Crippen LogP contribution in [0.4, 0.5) is 5.69 Å². The number of halogens is 1. The summed E-state index contributed by atoms with van der Waals surface area (Å²) in [6, 6.07) is 8.29. The number of fused-ring (bicyclic) bond motifs is 1. The van der Waals surface area contributed by atoms with Gasteiger partial charge in [0, 0.05) is 22.6 Å². The van der Waals surface area contributed by atoms with Crippen LogP contribution in [0.1, 0.15) is 13.8 Å². The number of hydrogen-bond acceptors (Lipinski definition) is 2. The molecule has 1 heterocycles. The first kappa shape index (κ1) is 11.4. The summed E-state index contributed by atoms with van der Waals surface area (Å²) in [5.74, 6) is 0.630. The number of nitrogens with one attached hydrogen (secondary N) is 1. The van der Waals surface area contributed by atoms with E-state index in [1.54, 1.807) is 0 Å². The van der Waals surface area contributed by atoms with Crippen molar-refractivity contribution >= 4 is 32.5 Å². The summed E-state index contributed by atoms with van der Waals surface area (Å²) in [5.41, 5.74) is 2.14. The molecule has 2 nitrogen and oxygen atoms in total. The highest BCUT2D eigenvalue weighted by atomic mass is 79.9. The lowest BCUT2D eigenvalue weighted by Crippen LogP contribution is -2.08. The molecule has 0 saturated carbocycles. The Morgan fingerprint density at radius 2 is 2.19 bits per heavy atom. The monoisotopic (exact) mass is 278 g/mol. The Morgan fingerprint density at radius 3 is 2.94 bits per heavy atom. The number of aromatic nitrogens is 1. The highest BCUT2D eigenvalue weighted by Crippen LogP contribution is 2.23. The van der Waals surface area contributed by atoms with E-state index in [1.807, 2.05) is 6.20 Å². The minimum atomic E-state index is 0.630. The van der Waals surface area contributed by atoms with Gasteiger partial charge in [0.15, 0.2) is 0 Å². The van der Waals surface area contributed by atoms with E-state index in [4.69, 9.17) is 0 Å². The maximum absolute atomic E-state index is 4.45. The molecule has 0 aliphatic carbocycles. The highest BCUT2D eigenvalue weighted by molar-refractivity contribution is 9.10. The molecule has 0 amide bonds. The zero-order valence-corrected chi connectivity index (χ0v) is 11.1. The van der Waals surface area contributed by atoms with Crippen LogP contribution in [-0.2, 0) is 0 Å². The topological polar surface area (TPSA) is 24.9 Å². The first-order valence-corrected chi connectivity index (χ1v) is 6.24. The number of anilines is 1. The predicted octanol–water partition coefficient (Wildman–Crippen LogP) is 4.07. The van der Waals surface area contributed by atoms with E-state index in [2.05, 4.69) is 64.3 Å². The van der Waals surface area contributed by atoms with Crippen LogP contribution in [0.2, 0.25) is 0 Å². The maximum atomic E-state index is 4.45. The molecule has 2 aromatic rings. The summed E-state index contributed by atoms with van der Waals surface area (Å²) in [7, 11) is 0. The summed E-state index contributed by atoms with van der Waals surface area (Å²) < 4.78 is 1.01. The van der Waals surface area contributed by atoms with Crippen LogP contribution >= 0.6 is 15.9 Å². The summed E-state index contributed by atoms with van der Waals surface area (Å²) in [6.45, 7) is 5.36. The van der Waals surface area contributed by atoms with E-state index in [0.717, 1.165) is 27.6 Å². The molecule has 84 valence electrons. The Balaban J connectivity index is 2.38. The summed E-state index contributed by atoms with van der Waals surface area (Å²) in [4.78, 5) is 4.45. The van der Waals surface area contributed by atoms with Crippen molar-refractivity contribution in [3.8, 4) is 0 Å². The third-order valence-corrected chi connectivity index (χ3v) is 2.81. The summed E-state index contributed by atoms with van der Waals surface area (Å²) >= 11 is 3.44. The molecule has 3 heteroatoms. The van der Waals surface area contributed by atoms with Crippen LogP contribution in [0.15, 0.2) is 34.9 Å². The Morgan fingerprint density at radius 1 is 1.38 bits per heavy atom. The Hall–Kier alpha value is -1.09. The van der Waals surface area contributed by atoms with Gasteiger partial charge in [-0.1, -0.05) is 26.0 Å². The average Bonchev–Trinajstić information content (AvgIpc) is 2.25. The lowest BCUT2D eigenvalue weighted by molar-refractivity contribution is 0.689. The molecule has 0 atom stereocenters. The standard InChI is InChI=1S/C13H15BrN2/c1-9(2)7-15-12-5-3-4-10-6-11(14)8-16-13(10)12/h3-6,8-9,15H,7H2,1-2H3. The lowest BCUT2D eigenvalue weighted by atomic mass is 10.1. The molecule has 0 aliphatic heterocycles. The smallest absolute Gasteiger partial charge is 0.0934 e. The zero-order valence-electron chi connectivity index (χ0n) is 9.50. The Kier molecular flexibility index (Phi) is 3.44. The van der Waals surface area contributed by atoms with Gasteiger partial charge in [-0.25, -0.2) is 0 Å². The molecule has 1 aromatic heterocycles. The van der Waals surface area contributed by atoms with Crippen molar-refractivity contribution in [1.82, 2.24) is 4.98 Å². The maximum Gasteiger partial charge on any atom is 0.0934 e. The SMILES string of the molecule is CC(C)CNc1cccc2cc(Br)cnc12. The molecule has 0 aliphatic rings. The van der Waals surface area contributed by atoms with Crippen molar-refractivity contribution in [2.45, 2.75) is 13.8 Å². The summed E-state index contributed by atoms with van der Waals surface area (Å²) in [6.07, 6.45) is 1.84. The quantitative estimate of drug-likeness (QED) is 0.916. The molecule has 16 heavy (non-hydrogen) atoms. The predicted molar refractivity (Wildman–Crippen MR) is 72.8 cm³/mol. The molecule has 0 bridgehead atoms. The number of rotatable bonds is 3. The third kappa shape index (κ3) is 2.53. The zero-order chi connectivity index (χ0) is 11.5. The molecular weight excluding hydrogens is 264 g/mol. The van der Waals surface area contributed by atoms with Gasteiger partial charge in [0.1, 0.15) is 0 Å². The van der Waals surface area contributed by atoms with Crippen molar-refractivity contribution in [3.63, 3.8) is 0 Å². The van der Waals surface area contributed by atoms with Gasteiger partial charge < -0.3 is 5.32 Å². The van der Waals surface area contributed by atoms with Crippen LogP contribution in [0, 0.1) is 5.92 Å². The lowest BCUT2D eigenvalue weighted by Gasteiger charge is -2.11. The Bertz CT molecular complexity index is 494. The van der Waals surface area contributed by atoms with E-state index in [9.17, 15) is 0 Å². The molecular formula is C13H15BrN2. The van der Waals surface area contributed by atoms with Crippen molar-refractivity contribution in [3.05, 3.63) is 34.9 Å². The third-order valence-electron chi connectivity index (χ3n) is 2.38. The van der Waals surface area contributed by atoms with Gasteiger partial charge >= 0.3 is 0 Å². The van der Waals surface area contributed by atoms with E-state index in [-0.39, 0.29) is 0 Å². The van der Waals surface area contributed by atoms with Crippen LogP contribution in [0.25, 0.3) is 10.9 Å². The van der Waals surface area contributed by atoms with Gasteiger partial charge in [-0.05, 0) is 34.0 Å². The fraction of sp³-hybridized carbons (Fsp3) is 0.308. The molecule has 0 radical (unpaired) electrons. The molecule has 0 unspecified atom stereocenters. The van der Waals surface area contributed by atoms with Gasteiger partial charge in [0.2, 0.25) is 0 Å². The van der Waals surface area contributed by atoms with Gasteiger partial charge in [0.25, 0.3) is 0 Å². The van der Waals surface area contributed by atoms with Gasteiger partial charge in [-0.2, -0.15) is 0 Å². The number of hydrogen-bond donors (Lipinski definition) is 1. The van der Waals surface area contributed by atoms with E-state index >= 15 is 0 Å². The van der Waals surface area contributed by atoms with Gasteiger partial charge in [0.05, 0.1) is 11.2 Å². The highest BCUT2D eigenvalue weighted by Gasteiger charge is 2.02. The fourth-order valence-electron chi connectivity index (χ4n) is 1.59. The van der Waals surface area contributed by atoms with Crippen molar-refractivity contribution in [1.29, 1.82) is 0 Å². The van der Waals surface area contributed by atoms with Crippen LogP contribution in [0.5, 0.6) is 0 Å². The van der Waals surface area contributed by atoms with Gasteiger partial charge in [-0.15, -0.1) is 0 Å². The first-order chi connectivity index (χ1) is 7.66. The second kappa shape index (κ2) is 4.83. The molecule has 0 spiro atoms. The minimum absolute atomic E-state index is 0.630. The van der Waals surface area contributed by atoms with Crippen LogP contribution < -0.4 is 5.32 Å². The van der Waals surface area contributed by atoms with E-state index < -0.39 is 0 Å². The molecule has 1 aromatic carbocycles. The number of nitrogens with zero attached hydrogens (tertiary/aromatic N) is 1. The van der Waals surface area contributed by atoms with E-state index in [1.165, 1.54) is 0 Å². The van der Waals surface area contributed by atoms with Crippen molar-refractivity contribution in [2.75, 3.05) is 11.9 Å². The fourth-order valence-corrected chi connectivity index (χ4v) is 1.94. The van der Waals surface area contributed by atoms with Crippen LogP contribution in [-0.4, -0.2) is 11.5 Å². The van der Waals surface area contributed by atoms with Crippen molar-refractivity contribution in [2.24, 2.45) is 5.92 Å². The molecule has 0 saturated heterocycles. The summed E-state index contributed by atoms with van der Waals surface area (Å²) in [5, 5.41) is 4.58. The van der Waals surface area contributed by atoms with Crippen molar-refractivity contribution < 1.29 is 0 Å². The second-order valence-electron chi connectivity index (χ2n) is 4.31. The number of pyridine rings is 1. The molecule has 2 rings (SSSR count). The number of para-hydroxylation sites is 1. The number of benzene rings is 1. The van der Waals surface area contributed by atoms with Crippen LogP contribution in [0.3, 0.4) is 0 Å². The molecule has 1 N–H and O–H groups in total. The second-order valence-corrected chi connectivity index (χ2v) is 5.22. The Labute approximate surface area is 104 Å². The van der Waals surface area contributed by atoms with E-state index in [0.29, 0.717) is 5.92 Å². The largest absolute Gasteiger partial charge is 0.383 e. The normalized spacial score (nSPS) is 11.0. The first-order valence-electron chi connectivity index (χ1n) is 5.45.